The minimum absolute atomic E-state index is 0.0473. The number of hydrogen-bond donors (Lipinski definition) is 1. The molecule has 0 aromatic heterocycles. The molecule has 0 aliphatic carbocycles. The van der Waals surface area contributed by atoms with Gasteiger partial charge >= 0.3 is 0 Å². The third-order valence-electron chi connectivity index (χ3n) is 6.15. The fraction of sp³-hybridized carbons (Fsp3) is 0.269. The number of hydrogen-bond acceptors (Lipinski definition) is 6. The third-order valence-corrected chi connectivity index (χ3v) is 7.95. The molecule has 1 N–H and O–H groups in total. The van der Waals surface area contributed by atoms with Crippen molar-refractivity contribution in [1.29, 1.82) is 0 Å². The largest absolute Gasteiger partial charge is 0.490 e. The molecule has 3 aromatic carbocycles. The summed E-state index contributed by atoms with van der Waals surface area (Å²) in [5.41, 5.74) is 3.88. The number of para-hydroxylation sites is 3. The van der Waals surface area contributed by atoms with Gasteiger partial charge in [-0.1, -0.05) is 30.3 Å². The molecule has 5 rings (SSSR count). The molecule has 0 unspecified atom stereocenters. The maximum atomic E-state index is 13.1. The van der Waals surface area contributed by atoms with Crippen molar-refractivity contribution in [3.8, 4) is 11.5 Å². The van der Waals surface area contributed by atoms with Gasteiger partial charge in [-0.25, -0.2) is 8.42 Å². The van der Waals surface area contributed by atoms with Crippen LogP contribution in [-0.4, -0.2) is 52.0 Å². The zero-order valence-electron chi connectivity index (χ0n) is 19.4. The van der Waals surface area contributed by atoms with Crippen LogP contribution < -0.4 is 19.7 Å². The van der Waals surface area contributed by atoms with Crippen molar-refractivity contribution in [3.05, 3.63) is 72.3 Å². The molecule has 0 saturated carbocycles. The molecular weight excluding hydrogens is 466 g/mol. The molecule has 0 bridgehead atoms. The molecule has 2 heterocycles. The van der Waals surface area contributed by atoms with Crippen LogP contribution in [0.2, 0.25) is 0 Å². The molecular formula is C26H27N3O5S. The summed E-state index contributed by atoms with van der Waals surface area (Å²) in [4.78, 5) is 15.1. The van der Waals surface area contributed by atoms with Gasteiger partial charge in [0, 0.05) is 31.8 Å². The number of likely N-dealkylation sites (N-methyl/N-ethyl adjacent to an activating group) is 1. The lowest BCUT2D eigenvalue weighted by atomic mass is 10.2. The summed E-state index contributed by atoms with van der Waals surface area (Å²) in [5.74, 6) is 0.480. The lowest BCUT2D eigenvalue weighted by Gasteiger charge is -2.23. The number of nitrogens with one attached hydrogen (secondary N) is 1. The molecule has 182 valence electrons. The average molecular weight is 494 g/mol. The summed E-state index contributed by atoms with van der Waals surface area (Å²) in [5, 5.41) is 2.90. The van der Waals surface area contributed by atoms with Gasteiger partial charge in [0.2, 0.25) is 15.9 Å². The predicted molar refractivity (Wildman–Crippen MR) is 134 cm³/mol. The van der Waals surface area contributed by atoms with E-state index in [0.29, 0.717) is 30.4 Å². The van der Waals surface area contributed by atoms with E-state index >= 15 is 0 Å². The quantitative estimate of drug-likeness (QED) is 0.562. The molecule has 0 radical (unpaired) electrons. The predicted octanol–water partition coefficient (Wildman–Crippen LogP) is 3.80. The van der Waals surface area contributed by atoms with Gasteiger partial charge in [-0.05, 0) is 42.3 Å². The first-order valence-electron chi connectivity index (χ1n) is 11.5. The van der Waals surface area contributed by atoms with Gasteiger partial charge in [-0.2, -0.15) is 4.31 Å². The summed E-state index contributed by atoms with van der Waals surface area (Å²) in [6.45, 7) is 1.45. The van der Waals surface area contributed by atoms with Crippen molar-refractivity contribution in [2.45, 2.75) is 17.7 Å². The number of nitrogens with zero attached hydrogens (tertiary/aromatic N) is 2. The van der Waals surface area contributed by atoms with Crippen LogP contribution in [0.5, 0.6) is 11.5 Å². The Balaban J connectivity index is 1.31. The third kappa shape index (κ3) is 4.69. The molecule has 1 amide bonds. The van der Waals surface area contributed by atoms with E-state index < -0.39 is 15.9 Å². The molecule has 0 saturated heterocycles. The number of anilines is 3. The Morgan fingerprint density at radius 1 is 0.971 bits per heavy atom. The van der Waals surface area contributed by atoms with Gasteiger partial charge < -0.3 is 19.7 Å². The second-order valence-electron chi connectivity index (χ2n) is 8.52. The summed E-state index contributed by atoms with van der Waals surface area (Å²) < 4.78 is 38.5. The highest BCUT2D eigenvalue weighted by Crippen LogP contribution is 2.38. The Morgan fingerprint density at radius 2 is 1.69 bits per heavy atom. The van der Waals surface area contributed by atoms with Crippen molar-refractivity contribution in [3.63, 3.8) is 0 Å². The topological polar surface area (TPSA) is 88.2 Å². The van der Waals surface area contributed by atoms with Gasteiger partial charge in [0.05, 0.1) is 36.0 Å². The number of carbonyl (C=O) groups excluding carboxylic acids is 1. The van der Waals surface area contributed by atoms with E-state index in [4.69, 9.17) is 9.47 Å². The molecule has 8 nitrogen and oxygen atoms in total. The van der Waals surface area contributed by atoms with Crippen LogP contribution in [-0.2, 0) is 21.2 Å². The molecule has 2 aliphatic heterocycles. The standard InChI is InChI=1S/C26H27N3O5S/c1-28(35(31,32)20-11-12-24-25(17-20)34-16-6-15-33-24)18-26(30)27-21-8-3-5-10-23(21)29-14-13-19-7-2-4-9-22(19)29/h2-5,7-12,17H,6,13-16,18H2,1H3,(H,27,30). The number of fused-ring (bicyclic) bond motifs is 2. The second kappa shape index (κ2) is 9.59. The number of rotatable bonds is 6. The lowest BCUT2D eigenvalue weighted by Crippen LogP contribution is -2.35. The number of ether oxygens (including phenoxy) is 2. The van der Waals surface area contributed by atoms with Crippen LogP contribution in [0, 0.1) is 0 Å². The van der Waals surface area contributed by atoms with E-state index in [9.17, 15) is 13.2 Å². The van der Waals surface area contributed by atoms with Crippen molar-refractivity contribution < 1.29 is 22.7 Å². The molecule has 0 fully saturated rings. The first kappa shape index (κ1) is 23.2. The van der Waals surface area contributed by atoms with Crippen LogP contribution in [0.1, 0.15) is 12.0 Å². The highest BCUT2D eigenvalue weighted by Gasteiger charge is 2.26. The van der Waals surface area contributed by atoms with Crippen molar-refractivity contribution in [2.24, 2.45) is 0 Å². The van der Waals surface area contributed by atoms with Crippen LogP contribution in [0.15, 0.2) is 71.6 Å². The number of sulfonamides is 1. The molecule has 0 atom stereocenters. The van der Waals surface area contributed by atoms with Crippen molar-refractivity contribution in [2.75, 3.05) is 43.6 Å². The zero-order chi connectivity index (χ0) is 24.4. The Labute approximate surface area is 205 Å². The van der Waals surface area contributed by atoms with E-state index in [0.717, 1.165) is 35.1 Å². The maximum Gasteiger partial charge on any atom is 0.243 e. The van der Waals surface area contributed by atoms with Gasteiger partial charge in [-0.15, -0.1) is 0 Å². The minimum Gasteiger partial charge on any atom is -0.490 e. The van der Waals surface area contributed by atoms with Gasteiger partial charge in [0.15, 0.2) is 11.5 Å². The average Bonchev–Trinajstić information content (AvgIpc) is 3.14. The van der Waals surface area contributed by atoms with Crippen molar-refractivity contribution >= 4 is 33.0 Å². The highest BCUT2D eigenvalue weighted by atomic mass is 32.2. The molecule has 2 aliphatic rings. The lowest BCUT2D eigenvalue weighted by molar-refractivity contribution is -0.116. The van der Waals surface area contributed by atoms with E-state index in [1.807, 2.05) is 36.4 Å². The summed E-state index contributed by atoms with van der Waals surface area (Å²) in [6, 6.07) is 20.3. The van der Waals surface area contributed by atoms with Crippen LogP contribution >= 0.6 is 0 Å². The maximum absolute atomic E-state index is 13.1. The van der Waals surface area contributed by atoms with Crippen molar-refractivity contribution in [1.82, 2.24) is 4.31 Å². The van der Waals surface area contributed by atoms with Gasteiger partial charge in [0.25, 0.3) is 0 Å². The fourth-order valence-corrected chi connectivity index (χ4v) is 5.51. The first-order valence-corrected chi connectivity index (χ1v) is 13.0. The van der Waals surface area contributed by atoms with Crippen LogP contribution in [0.3, 0.4) is 0 Å². The Hall–Kier alpha value is -3.56. The van der Waals surface area contributed by atoms with Crippen LogP contribution in [0.4, 0.5) is 17.1 Å². The smallest absolute Gasteiger partial charge is 0.243 e. The van der Waals surface area contributed by atoms with E-state index in [2.05, 4.69) is 22.3 Å². The number of carbonyl (C=O) groups is 1. The Morgan fingerprint density at radius 3 is 2.51 bits per heavy atom. The van der Waals surface area contributed by atoms with E-state index in [-0.39, 0.29) is 11.4 Å². The van der Waals surface area contributed by atoms with Gasteiger partial charge in [-0.3, -0.25) is 4.79 Å². The molecule has 0 spiro atoms. The molecule has 9 heteroatoms. The van der Waals surface area contributed by atoms with Gasteiger partial charge in [0.1, 0.15) is 0 Å². The highest BCUT2D eigenvalue weighted by molar-refractivity contribution is 7.89. The Bertz CT molecular complexity index is 1360. The second-order valence-corrected chi connectivity index (χ2v) is 10.6. The SMILES string of the molecule is CN(CC(=O)Nc1ccccc1N1CCc2ccccc21)S(=O)(=O)c1ccc2c(c1)OCCCO2. The van der Waals surface area contributed by atoms with Crippen LogP contribution in [0.25, 0.3) is 0 Å². The van der Waals surface area contributed by atoms with E-state index in [1.54, 1.807) is 6.07 Å². The molecule has 3 aromatic rings. The summed E-state index contributed by atoms with van der Waals surface area (Å²) >= 11 is 0. The van der Waals surface area contributed by atoms with E-state index in [1.165, 1.54) is 24.7 Å². The summed E-state index contributed by atoms with van der Waals surface area (Å²) in [6.07, 6.45) is 1.65. The zero-order valence-corrected chi connectivity index (χ0v) is 20.3. The number of amides is 1. The normalized spacial score (nSPS) is 15.0. The molecule has 35 heavy (non-hydrogen) atoms. The monoisotopic (exact) mass is 493 g/mol. The summed E-state index contributed by atoms with van der Waals surface area (Å²) in [7, 11) is -2.52. The minimum atomic E-state index is -3.91. The first-order chi connectivity index (χ1) is 16.9. The number of benzene rings is 3. The Kier molecular flexibility index (Phi) is 6.36. The fourth-order valence-electron chi connectivity index (χ4n) is 4.36.